The van der Waals surface area contributed by atoms with Gasteiger partial charge in [0.15, 0.2) is 5.78 Å². The number of carbonyl (C=O) groups is 2. The van der Waals surface area contributed by atoms with Crippen LogP contribution in [0.5, 0.6) is 5.75 Å². The molecule has 2 heterocycles. The van der Waals surface area contributed by atoms with Crippen molar-refractivity contribution >= 4 is 23.2 Å². The van der Waals surface area contributed by atoms with E-state index >= 15 is 0 Å². The Bertz CT molecular complexity index is 1320. The summed E-state index contributed by atoms with van der Waals surface area (Å²) in [6, 6.07) is 12.7. The first kappa shape index (κ1) is 22.8. The maximum atomic E-state index is 13.7. The summed E-state index contributed by atoms with van der Waals surface area (Å²) in [5.74, 6) is 0.572. The maximum Gasteiger partial charge on any atom is 0.261 e. The molecule has 1 atom stereocenters. The van der Waals surface area contributed by atoms with Crippen molar-refractivity contribution < 1.29 is 18.7 Å². The van der Waals surface area contributed by atoms with Gasteiger partial charge in [0.2, 0.25) is 0 Å². The molecule has 2 aliphatic rings. The molecule has 0 bridgehead atoms. The number of aromatic nitrogens is 2. The van der Waals surface area contributed by atoms with Crippen LogP contribution in [0.25, 0.3) is 0 Å². The number of rotatable bonds is 5. The lowest BCUT2D eigenvalue weighted by Gasteiger charge is -2.39. The van der Waals surface area contributed by atoms with Crippen LogP contribution < -0.4 is 15.4 Å². The molecule has 8 heteroatoms. The molecule has 1 aliphatic heterocycles. The van der Waals surface area contributed by atoms with Gasteiger partial charge in [0, 0.05) is 23.4 Å². The van der Waals surface area contributed by atoms with Crippen LogP contribution in [0.4, 0.5) is 15.9 Å². The van der Waals surface area contributed by atoms with Gasteiger partial charge < -0.3 is 15.4 Å². The molecular weight excluding hydrogens is 447 g/mol. The van der Waals surface area contributed by atoms with Gasteiger partial charge in [-0.05, 0) is 60.7 Å². The van der Waals surface area contributed by atoms with Crippen molar-refractivity contribution in [2.45, 2.75) is 39.7 Å². The lowest BCUT2D eigenvalue weighted by molar-refractivity contribution is -0.118. The summed E-state index contributed by atoms with van der Waals surface area (Å²) in [4.78, 5) is 26.5. The number of hydrogen-bond donors (Lipinski definition) is 2. The van der Waals surface area contributed by atoms with Gasteiger partial charge in [-0.2, -0.15) is 5.10 Å². The molecule has 0 spiro atoms. The minimum Gasteiger partial charge on any atom is -0.494 e. The summed E-state index contributed by atoms with van der Waals surface area (Å²) in [5.41, 5.74) is 2.89. The molecule has 1 amide bonds. The fourth-order valence-corrected chi connectivity index (χ4v) is 4.83. The molecule has 0 fully saturated rings. The van der Waals surface area contributed by atoms with Gasteiger partial charge >= 0.3 is 0 Å². The Morgan fingerprint density at radius 3 is 2.57 bits per heavy atom. The maximum absolute atomic E-state index is 13.7. The van der Waals surface area contributed by atoms with E-state index in [-0.39, 0.29) is 22.9 Å². The van der Waals surface area contributed by atoms with Crippen LogP contribution in [-0.4, -0.2) is 28.1 Å². The summed E-state index contributed by atoms with van der Waals surface area (Å²) in [7, 11) is 0. The number of allylic oxidation sites excluding steroid dienone is 2. The number of halogens is 1. The second kappa shape index (κ2) is 8.69. The van der Waals surface area contributed by atoms with Gasteiger partial charge in [-0.1, -0.05) is 26.0 Å². The summed E-state index contributed by atoms with van der Waals surface area (Å²) < 4.78 is 20.8. The summed E-state index contributed by atoms with van der Waals surface area (Å²) in [6.45, 7) is 6.57. The summed E-state index contributed by atoms with van der Waals surface area (Å²) >= 11 is 0. The first-order chi connectivity index (χ1) is 16.8. The first-order valence-electron chi connectivity index (χ1n) is 11.7. The third-order valence-electron chi connectivity index (χ3n) is 6.36. The normalized spacial score (nSPS) is 18.4. The van der Waals surface area contributed by atoms with Crippen molar-refractivity contribution in [2.24, 2.45) is 5.41 Å². The highest BCUT2D eigenvalue weighted by atomic mass is 19.1. The number of Topliss-reactive ketones (excluding diaryl/α,β-unsaturated/α-hetero) is 1. The van der Waals surface area contributed by atoms with Crippen LogP contribution >= 0.6 is 0 Å². The Morgan fingerprint density at radius 1 is 1.17 bits per heavy atom. The number of ketones is 1. The molecule has 2 N–H and O–H groups in total. The minimum absolute atomic E-state index is 0.0274. The van der Waals surface area contributed by atoms with E-state index in [0.29, 0.717) is 42.1 Å². The second-order valence-corrected chi connectivity index (χ2v) is 9.68. The zero-order chi connectivity index (χ0) is 24.7. The third-order valence-corrected chi connectivity index (χ3v) is 6.36. The van der Waals surface area contributed by atoms with Gasteiger partial charge in [0.1, 0.15) is 29.0 Å². The van der Waals surface area contributed by atoms with Gasteiger partial charge in [0.05, 0.1) is 12.8 Å². The molecule has 1 aliphatic carbocycles. The molecule has 0 saturated heterocycles. The number of carbonyl (C=O) groups excluding carboxylic acids is 2. The van der Waals surface area contributed by atoms with Crippen molar-refractivity contribution in [2.75, 3.05) is 17.2 Å². The molecular formula is C27H27FN4O3. The molecule has 7 nitrogen and oxygen atoms in total. The van der Waals surface area contributed by atoms with E-state index < -0.39 is 6.04 Å². The average Bonchev–Trinajstić information content (AvgIpc) is 3.23. The number of ether oxygens (including phenoxy) is 1. The van der Waals surface area contributed by atoms with Crippen molar-refractivity contribution in [3.63, 3.8) is 0 Å². The molecule has 0 unspecified atom stereocenters. The van der Waals surface area contributed by atoms with Crippen LogP contribution in [0.1, 0.15) is 55.6 Å². The first-order valence-corrected chi connectivity index (χ1v) is 11.7. The number of benzene rings is 2. The van der Waals surface area contributed by atoms with E-state index in [1.807, 2.05) is 6.92 Å². The third kappa shape index (κ3) is 4.32. The predicted molar refractivity (Wildman–Crippen MR) is 131 cm³/mol. The van der Waals surface area contributed by atoms with Crippen LogP contribution in [0.2, 0.25) is 0 Å². The number of fused-ring (bicyclic) bond motifs is 1. The zero-order valence-electron chi connectivity index (χ0n) is 19.9. The minimum atomic E-state index is -0.544. The lowest BCUT2D eigenvalue weighted by Crippen LogP contribution is -2.37. The molecule has 1 aromatic heterocycles. The van der Waals surface area contributed by atoms with E-state index in [0.717, 1.165) is 17.0 Å². The van der Waals surface area contributed by atoms with Gasteiger partial charge in [0.25, 0.3) is 5.91 Å². The van der Waals surface area contributed by atoms with E-state index in [1.165, 1.54) is 18.3 Å². The highest BCUT2D eigenvalue weighted by Gasteiger charge is 2.42. The topological polar surface area (TPSA) is 85.2 Å². The number of hydrogen-bond acceptors (Lipinski definition) is 5. The summed E-state index contributed by atoms with van der Waals surface area (Å²) in [6.07, 6.45) is 2.56. The largest absolute Gasteiger partial charge is 0.494 e. The fraction of sp³-hybridized carbons (Fsp3) is 0.296. The standard InChI is InChI=1S/C27H27FN4O3/c1-4-35-19-11-9-18(10-12-19)30-26(34)20-15-29-32-24(16-5-7-17(28)8-6-16)23-21(31-25(20)32)13-27(2,3)14-22(23)33/h5-12,15,24,31H,4,13-14H2,1-3H3,(H,30,34)/t24-/m0/s1. The molecule has 180 valence electrons. The summed E-state index contributed by atoms with van der Waals surface area (Å²) in [5, 5.41) is 10.7. The Labute approximate surface area is 203 Å². The smallest absolute Gasteiger partial charge is 0.261 e. The van der Waals surface area contributed by atoms with E-state index in [1.54, 1.807) is 41.1 Å². The van der Waals surface area contributed by atoms with Crippen LogP contribution in [0, 0.1) is 11.2 Å². The number of nitrogens with one attached hydrogen (secondary N) is 2. The molecule has 0 saturated carbocycles. The fourth-order valence-electron chi connectivity index (χ4n) is 4.83. The second-order valence-electron chi connectivity index (χ2n) is 9.68. The quantitative estimate of drug-likeness (QED) is 0.522. The molecule has 5 rings (SSSR count). The Kier molecular flexibility index (Phi) is 5.67. The monoisotopic (exact) mass is 474 g/mol. The van der Waals surface area contributed by atoms with Gasteiger partial charge in [-0.15, -0.1) is 0 Å². The molecule has 35 heavy (non-hydrogen) atoms. The SMILES string of the molecule is CCOc1ccc(NC(=O)c2cnn3c2NC2=C(C(=O)CC(C)(C)C2)[C@@H]3c2ccc(F)cc2)cc1. The van der Waals surface area contributed by atoms with Crippen molar-refractivity contribution in [3.8, 4) is 5.75 Å². The highest BCUT2D eigenvalue weighted by molar-refractivity contribution is 6.08. The zero-order valence-corrected chi connectivity index (χ0v) is 19.9. The van der Waals surface area contributed by atoms with Crippen molar-refractivity contribution in [3.05, 3.63) is 82.9 Å². The lowest BCUT2D eigenvalue weighted by atomic mass is 9.73. The number of amides is 1. The Hall–Kier alpha value is -3.94. The number of nitrogens with zero attached hydrogens (tertiary/aromatic N) is 2. The van der Waals surface area contributed by atoms with Crippen molar-refractivity contribution in [1.82, 2.24) is 9.78 Å². The Balaban J connectivity index is 1.52. The van der Waals surface area contributed by atoms with Crippen molar-refractivity contribution in [1.29, 1.82) is 0 Å². The van der Waals surface area contributed by atoms with Gasteiger partial charge in [-0.3, -0.25) is 9.59 Å². The molecule has 3 aromatic rings. The van der Waals surface area contributed by atoms with E-state index in [4.69, 9.17) is 4.74 Å². The van der Waals surface area contributed by atoms with Crippen LogP contribution in [-0.2, 0) is 4.79 Å². The molecule has 0 radical (unpaired) electrons. The predicted octanol–water partition coefficient (Wildman–Crippen LogP) is 5.33. The van der Waals surface area contributed by atoms with E-state index in [2.05, 4.69) is 29.6 Å². The molecule has 2 aromatic carbocycles. The van der Waals surface area contributed by atoms with E-state index in [9.17, 15) is 14.0 Å². The van der Waals surface area contributed by atoms with Crippen LogP contribution in [0.15, 0.2) is 66.0 Å². The number of anilines is 2. The van der Waals surface area contributed by atoms with Crippen LogP contribution in [0.3, 0.4) is 0 Å². The highest BCUT2D eigenvalue weighted by Crippen LogP contribution is 2.46. The average molecular weight is 475 g/mol. The Morgan fingerprint density at radius 2 is 1.89 bits per heavy atom. The van der Waals surface area contributed by atoms with Gasteiger partial charge in [-0.25, -0.2) is 9.07 Å².